The highest BCUT2D eigenvalue weighted by atomic mass is 16.5. The van der Waals surface area contributed by atoms with Gasteiger partial charge in [0.2, 0.25) is 11.8 Å². The predicted molar refractivity (Wildman–Crippen MR) is 104 cm³/mol. The minimum atomic E-state index is -1.02. The Labute approximate surface area is 167 Å². The summed E-state index contributed by atoms with van der Waals surface area (Å²) in [7, 11) is 0. The van der Waals surface area contributed by atoms with Gasteiger partial charge in [-0.2, -0.15) is 0 Å². The van der Waals surface area contributed by atoms with Gasteiger partial charge in [0.05, 0.1) is 22.7 Å². The fourth-order valence-corrected chi connectivity index (χ4v) is 4.30. The van der Waals surface area contributed by atoms with E-state index in [1.165, 1.54) is 6.92 Å². The number of carbonyl (C=O) groups excluding carboxylic acids is 3. The molecule has 0 spiro atoms. The zero-order valence-corrected chi connectivity index (χ0v) is 16.4. The van der Waals surface area contributed by atoms with E-state index in [9.17, 15) is 19.2 Å². The summed E-state index contributed by atoms with van der Waals surface area (Å²) >= 11 is 0. The highest BCUT2D eigenvalue weighted by Crippen LogP contribution is 2.39. The van der Waals surface area contributed by atoms with Gasteiger partial charge in [-0.25, -0.2) is 9.78 Å². The van der Waals surface area contributed by atoms with Crippen LogP contribution in [0.1, 0.15) is 51.5 Å². The van der Waals surface area contributed by atoms with Crippen LogP contribution in [0.5, 0.6) is 0 Å². The van der Waals surface area contributed by atoms with Gasteiger partial charge in [-0.05, 0) is 38.8 Å². The molecule has 0 unspecified atom stereocenters. The van der Waals surface area contributed by atoms with Gasteiger partial charge in [0, 0.05) is 0 Å². The topological polar surface area (TPSA) is 109 Å². The largest absolute Gasteiger partial charge is 0.453 e. The number of esters is 1. The third-order valence-corrected chi connectivity index (χ3v) is 5.91. The molecule has 152 valence electrons. The van der Waals surface area contributed by atoms with Gasteiger partial charge < -0.3 is 9.72 Å². The monoisotopic (exact) mass is 397 g/mol. The molecule has 4 atom stereocenters. The number of rotatable bonds is 4. The summed E-state index contributed by atoms with van der Waals surface area (Å²) in [5.41, 5.74) is 0.173. The minimum Gasteiger partial charge on any atom is -0.453 e. The van der Waals surface area contributed by atoms with Crippen LogP contribution in [0.15, 0.2) is 29.1 Å². The number of hydrogen-bond donors (Lipinski definition) is 1. The normalized spacial score (nSPS) is 23.7. The highest BCUT2D eigenvalue weighted by Gasteiger charge is 2.51. The third-order valence-electron chi connectivity index (χ3n) is 5.91. The molecule has 2 heterocycles. The molecule has 1 aliphatic carbocycles. The Balaban J connectivity index is 1.51. The molecule has 1 saturated carbocycles. The smallest absolute Gasteiger partial charge is 0.329 e. The van der Waals surface area contributed by atoms with Crippen molar-refractivity contribution < 1.29 is 19.1 Å². The third kappa shape index (κ3) is 3.32. The Kier molecular flexibility index (Phi) is 4.94. The highest BCUT2D eigenvalue weighted by molar-refractivity contribution is 6.07. The lowest BCUT2D eigenvalue weighted by Gasteiger charge is -2.23. The maximum Gasteiger partial charge on any atom is 0.329 e. The second-order valence-electron chi connectivity index (χ2n) is 7.77. The van der Waals surface area contributed by atoms with E-state index >= 15 is 0 Å². The number of carbonyl (C=O) groups is 3. The first kappa shape index (κ1) is 19.3. The Hall–Kier alpha value is -3.03. The Morgan fingerprint density at radius 2 is 1.72 bits per heavy atom. The fourth-order valence-electron chi connectivity index (χ4n) is 4.30. The summed E-state index contributed by atoms with van der Waals surface area (Å²) in [6.07, 6.45) is 2.38. The minimum absolute atomic E-state index is 0.210. The number of H-pyrrole nitrogens is 1. The molecule has 2 amide bonds. The number of fused-ring (bicyclic) bond motifs is 2. The summed E-state index contributed by atoms with van der Waals surface area (Å²) in [6, 6.07) is 5.85. The van der Waals surface area contributed by atoms with Crippen molar-refractivity contribution >= 4 is 28.7 Å². The van der Waals surface area contributed by atoms with E-state index in [2.05, 4.69) is 9.97 Å². The molecular formula is C21H23N3O5. The molecule has 1 N–H and O–H groups in total. The molecule has 8 heteroatoms. The average Bonchev–Trinajstić information content (AvgIpc) is 2.98. The molecule has 2 fully saturated rings. The van der Waals surface area contributed by atoms with E-state index in [4.69, 9.17) is 4.74 Å². The number of nitrogens with zero attached hydrogens (tertiary/aromatic N) is 2. The standard InChI is InChI=1S/C21H23N3O5/c1-11(24-19(26)13-7-3-4-8-14(13)20(24)27)21(28)29-12(2)17-22-16-10-6-5-9-15(16)18(25)23-17/h5-6,9-14H,3-4,7-8H2,1-2H3,(H,22,23,25)/t11-,12-,13-,14+/m0/s1. The summed E-state index contributed by atoms with van der Waals surface area (Å²) < 4.78 is 5.45. The lowest BCUT2D eigenvalue weighted by molar-refractivity contribution is -0.161. The van der Waals surface area contributed by atoms with Crippen molar-refractivity contribution in [2.24, 2.45) is 11.8 Å². The molecule has 0 bridgehead atoms. The quantitative estimate of drug-likeness (QED) is 0.625. The van der Waals surface area contributed by atoms with Crippen LogP contribution in [0.2, 0.25) is 0 Å². The van der Waals surface area contributed by atoms with Crippen molar-refractivity contribution in [1.82, 2.24) is 14.9 Å². The maximum atomic E-state index is 12.7. The van der Waals surface area contributed by atoms with Crippen LogP contribution < -0.4 is 5.56 Å². The molecule has 1 aliphatic heterocycles. The molecule has 1 saturated heterocycles. The molecule has 1 aromatic carbocycles. The lowest BCUT2D eigenvalue weighted by atomic mass is 9.81. The van der Waals surface area contributed by atoms with Gasteiger partial charge in [0.1, 0.15) is 6.04 Å². The fraction of sp³-hybridized carbons (Fsp3) is 0.476. The van der Waals surface area contributed by atoms with Gasteiger partial charge in [0.25, 0.3) is 5.56 Å². The molecule has 2 aromatic rings. The number of nitrogens with one attached hydrogen (secondary N) is 1. The van der Waals surface area contributed by atoms with E-state index in [0.29, 0.717) is 23.7 Å². The van der Waals surface area contributed by atoms with Crippen LogP contribution in [0, 0.1) is 11.8 Å². The van der Waals surface area contributed by atoms with Crippen molar-refractivity contribution in [3.05, 3.63) is 40.4 Å². The molecule has 29 heavy (non-hydrogen) atoms. The van der Waals surface area contributed by atoms with Gasteiger partial charge in [-0.3, -0.25) is 19.3 Å². The number of aromatic amines is 1. The summed E-state index contributed by atoms with van der Waals surface area (Å²) in [5.74, 6) is -1.69. The predicted octanol–water partition coefficient (Wildman–Crippen LogP) is 2.09. The van der Waals surface area contributed by atoms with Gasteiger partial charge >= 0.3 is 5.97 Å². The molecular weight excluding hydrogens is 374 g/mol. The zero-order chi connectivity index (χ0) is 20.7. The first-order chi connectivity index (χ1) is 13.9. The number of benzene rings is 1. The molecule has 4 rings (SSSR count). The molecule has 2 aliphatic rings. The summed E-state index contributed by atoms with van der Waals surface area (Å²) in [5, 5.41) is 0.444. The number of para-hydroxylation sites is 1. The first-order valence-corrected chi connectivity index (χ1v) is 9.95. The van der Waals surface area contributed by atoms with Crippen molar-refractivity contribution in [2.75, 3.05) is 0 Å². The molecule has 0 radical (unpaired) electrons. The number of likely N-dealkylation sites (tertiary alicyclic amines) is 1. The van der Waals surface area contributed by atoms with Gasteiger partial charge in [0.15, 0.2) is 11.9 Å². The summed E-state index contributed by atoms with van der Waals surface area (Å²) in [4.78, 5) is 58.3. The average molecular weight is 397 g/mol. The second kappa shape index (κ2) is 7.42. The van der Waals surface area contributed by atoms with E-state index in [1.807, 2.05) is 0 Å². The van der Waals surface area contributed by atoms with Crippen molar-refractivity contribution in [3.8, 4) is 0 Å². The van der Waals surface area contributed by atoms with Crippen molar-refractivity contribution in [1.29, 1.82) is 0 Å². The van der Waals surface area contributed by atoms with Gasteiger partial charge in [-0.1, -0.05) is 25.0 Å². The van der Waals surface area contributed by atoms with Crippen LogP contribution in [0.4, 0.5) is 0 Å². The number of imide groups is 1. The van der Waals surface area contributed by atoms with Crippen LogP contribution >= 0.6 is 0 Å². The van der Waals surface area contributed by atoms with E-state index in [1.54, 1.807) is 31.2 Å². The van der Waals surface area contributed by atoms with Crippen molar-refractivity contribution in [3.63, 3.8) is 0 Å². The summed E-state index contributed by atoms with van der Waals surface area (Å²) in [6.45, 7) is 3.09. The second-order valence-corrected chi connectivity index (χ2v) is 7.77. The number of ether oxygens (including phenoxy) is 1. The van der Waals surface area contributed by atoms with Crippen LogP contribution in [0.3, 0.4) is 0 Å². The lowest BCUT2D eigenvalue weighted by Crippen LogP contribution is -2.44. The Bertz CT molecular complexity index is 1020. The van der Waals surface area contributed by atoms with Gasteiger partial charge in [-0.15, -0.1) is 0 Å². The first-order valence-electron chi connectivity index (χ1n) is 9.95. The van der Waals surface area contributed by atoms with E-state index in [-0.39, 0.29) is 35.0 Å². The number of aromatic nitrogens is 2. The van der Waals surface area contributed by atoms with Crippen LogP contribution in [0.25, 0.3) is 10.9 Å². The van der Waals surface area contributed by atoms with E-state index in [0.717, 1.165) is 17.7 Å². The van der Waals surface area contributed by atoms with E-state index < -0.39 is 18.1 Å². The SMILES string of the molecule is C[C@H](OC(=O)[C@H](C)N1C(=O)[C@H]2CCCC[C@H]2C1=O)c1nc2ccccc2c(=O)[nH]1. The Morgan fingerprint density at radius 1 is 1.10 bits per heavy atom. The van der Waals surface area contributed by atoms with Crippen LogP contribution in [-0.4, -0.2) is 38.7 Å². The zero-order valence-electron chi connectivity index (χ0n) is 16.4. The molecule has 1 aromatic heterocycles. The molecule has 8 nitrogen and oxygen atoms in total. The number of amides is 2. The Morgan fingerprint density at radius 3 is 2.38 bits per heavy atom. The van der Waals surface area contributed by atoms with Crippen LogP contribution in [-0.2, 0) is 19.1 Å². The number of hydrogen-bond acceptors (Lipinski definition) is 6. The maximum absolute atomic E-state index is 12.7. The van der Waals surface area contributed by atoms with Crippen molar-refractivity contribution in [2.45, 2.75) is 51.7 Å².